The van der Waals surface area contributed by atoms with Crippen molar-refractivity contribution in [1.29, 1.82) is 0 Å². The van der Waals surface area contributed by atoms with E-state index in [-0.39, 0.29) is 35.6 Å². The van der Waals surface area contributed by atoms with Crippen LogP contribution in [0.1, 0.15) is 39.2 Å². The highest BCUT2D eigenvalue weighted by atomic mass is 79.9. The third-order valence-corrected chi connectivity index (χ3v) is 6.86. The van der Waals surface area contributed by atoms with Crippen LogP contribution in [0.4, 0.5) is 5.69 Å². The maximum absolute atomic E-state index is 12.9. The van der Waals surface area contributed by atoms with E-state index in [1.54, 1.807) is 6.07 Å². The van der Waals surface area contributed by atoms with Crippen LogP contribution >= 0.6 is 15.9 Å². The number of carbonyl (C=O) groups is 3. The molecule has 3 rings (SSSR count). The fraction of sp³-hybridized carbons (Fsp3) is 0.526. The highest BCUT2D eigenvalue weighted by Gasteiger charge is 2.64. The van der Waals surface area contributed by atoms with Gasteiger partial charge in [-0.3, -0.25) is 19.3 Å². The van der Waals surface area contributed by atoms with Crippen molar-refractivity contribution in [2.24, 2.45) is 16.7 Å². The maximum Gasteiger partial charge on any atom is 0.244 e. The monoisotopic (exact) mass is 406 g/mol. The summed E-state index contributed by atoms with van der Waals surface area (Å²) in [5.41, 5.74) is 0.741. The first-order chi connectivity index (χ1) is 11.6. The van der Waals surface area contributed by atoms with Gasteiger partial charge < -0.3 is 5.32 Å². The summed E-state index contributed by atoms with van der Waals surface area (Å²) in [7, 11) is 0. The maximum atomic E-state index is 12.9. The number of amides is 3. The number of likely N-dealkylation sites (tertiary alicyclic amines) is 1. The molecule has 1 aliphatic heterocycles. The number of nitrogens with zero attached hydrogens (tertiary/aromatic N) is 1. The third-order valence-electron chi connectivity index (χ3n) is 6.21. The van der Waals surface area contributed by atoms with Gasteiger partial charge in [-0.15, -0.1) is 0 Å². The molecule has 2 fully saturated rings. The van der Waals surface area contributed by atoms with Gasteiger partial charge in [-0.05, 0) is 58.8 Å². The number of rotatable bonds is 3. The van der Waals surface area contributed by atoms with Gasteiger partial charge in [0.1, 0.15) is 6.54 Å². The molecule has 1 saturated carbocycles. The fourth-order valence-corrected chi connectivity index (χ4v) is 4.70. The quantitative estimate of drug-likeness (QED) is 0.780. The molecule has 1 saturated heterocycles. The van der Waals surface area contributed by atoms with Gasteiger partial charge in [-0.1, -0.05) is 26.8 Å². The van der Waals surface area contributed by atoms with Crippen molar-refractivity contribution in [2.75, 3.05) is 11.9 Å². The van der Waals surface area contributed by atoms with Gasteiger partial charge in [0, 0.05) is 10.4 Å². The summed E-state index contributed by atoms with van der Waals surface area (Å²) in [5, 5.41) is 2.78. The minimum atomic E-state index is -0.587. The van der Waals surface area contributed by atoms with Gasteiger partial charge in [0.2, 0.25) is 17.7 Å². The molecule has 6 heteroatoms. The predicted molar refractivity (Wildman–Crippen MR) is 98.8 cm³/mol. The lowest BCUT2D eigenvalue weighted by Crippen LogP contribution is -2.60. The first-order valence-corrected chi connectivity index (χ1v) is 9.29. The van der Waals surface area contributed by atoms with Crippen molar-refractivity contribution in [3.8, 4) is 0 Å². The second kappa shape index (κ2) is 5.94. The molecule has 1 aromatic carbocycles. The van der Waals surface area contributed by atoms with Crippen LogP contribution in [0, 0.1) is 23.7 Å². The summed E-state index contributed by atoms with van der Waals surface area (Å²) in [6, 6.07) is 5.59. The Labute approximate surface area is 156 Å². The van der Waals surface area contributed by atoms with E-state index in [1.807, 2.05) is 39.8 Å². The van der Waals surface area contributed by atoms with Crippen molar-refractivity contribution < 1.29 is 14.4 Å². The molecular weight excluding hydrogens is 384 g/mol. The molecular formula is C19H23BrN2O3. The van der Waals surface area contributed by atoms with E-state index in [1.165, 1.54) is 0 Å². The molecule has 1 aromatic rings. The zero-order chi connectivity index (χ0) is 18.6. The highest BCUT2D eigenvalue weighted by Crippen LogP contribution is 2.59. The molecule has 3 amide bonds. The average molecular weight is 407 g/mol. The summed E-state index contributed by atoms with van der Waals surface area (Å²) in [6.45, 7) is 7.62. The Balaban J connectivity index is 1.78. The van der Waals surface area contributed by atoms with Crippen molar-refractivity contribution in [1.82, 2.24) is 4.90 Å². The molecule has 0 aromatic heterocycles. The Morgan fingerprint density at radius 1 is 1.32 bits per heavy atom. The summed E-state index contributed by atoms with van der Waals surface area (Å²) < 4.78 is 0.769. The number of aryl methyl sites for hydroxylation is 1. The first kappa shape index (κ1) is 18.1. The number of carbonyl (C=O) groups excluding carboxylic acids is 3. The molecule has 0 radical (unpaired) electrons. The smallest absolute Gasteiger partial charge is 0.244 e. The predicted octanol–water partition coefficient (Wildman–Crippen LogP) is 3.51. The van der Waals surface area contributed by atoms with Crippen molar-refractivity contribution in [2.45, 2.75) is 40.5 Å². The van der Waals surface area contributed by atoms with E-state index in [4.69, 9.17) is 0 Å². The average Bonchev–Trinajstić information content (AvgIpc) is 2.71. The van der Waals surface area contributed by atoms with Crippen LogP contribution < -0.4 is 5.32 Å². The van der Waals surface area contributed by atoms with Gasteiger partial charge in [0.05, 0.1) is 11.1 Å². The van der Waals surface area contributed by atoms with Crippen LogP contribution in [-0.2, 0) is 14.4 Å². The molecule has 25 heavy (non-hydrogen) atoms. The first-order valence-electron chi connectivity index (χ1n) is 8.50. The van der Waals surface area contributed by atoms with Gasteiger partial charge >= 0.3 is 0 Å². The standard InChI is InChI=1S/C19H23BrN2O3/c1-11-5-6-14(13(20)9-11)21-15(23)10-22-16(24)12-7-8-19(4,17(22)25)18(12,2)3/h5-6,9,12H,7-8,10H2,1-4H3,(H,21,23). The molecule has 1 aliphatic carbocycles. The fourth-order valence-electron chi connectivity index (χ4n) is 4.11. The van der Waals surface area contributed by atoms with Crippen LogP contribution in [-0.4, -0.2) is 29.2 Å². The van der Waals surface area contributed by atoms with E-state index in [0.717, 1.165) is 14.9 Å². The number of hydrogen-bond donors (Lipinski definition) is 1. The molecule has 2 unspecified atom stereocenters. The van der Waals surface area contributed by atoms with Gasteiger partial charge in [-0.2, -0.15) is 0 Å². The summed E-state index contributed by atoms with van der Waals surface area (Å²) in [6.07, 6.45) is 1.40. The Morgan fingerprint density at radius 2 is 2.00 bits per heavy atom. The number of halogens is 1. The molecule has 134 valence electrons. The van der Waals surface area contributed by atoms with Crippen LogP contribution in [0.3, 0.4) is 0 Å². The van der Waals surface area contributed by atoms with E-state index in [9.17, 15) is 14.4 Å². The second-order valence-electron chi connectivity index (χ2n) is 7.91. The molecule has 2 aliphatic rings. The molecule has 1 heterocycles. The van der Waals surface area contributed by atoms with Crippen molar-refractivity contribution in [3.05, 3.63) is 28.2 Å². The zero-order valence-corrected chi connectivity index (χ0v) is 16.6. The Bertz CT molecular complexity index is 774. The molecule has 0 spiro atoms. The molecule has 2 atom stereocenters. The zero-order valence-electron chi connectivity index (χ0n) is 15.0. The number of hydrogen-bond acceptors (Lipinski definition) is 3. The topological polar surface area (TPSA) is 66.5 Å². The summed E-state index contributed by atoms with van der Waals surface area (Å²) in [5.74, 6) is -1.01. The van der Waals surface area contributed by atoms with Crippen molar-refractivity contribution in [3.63, 3.8) is 0 Å². The summed E-state index contributed by atoms with van der Waals surface area (Å²) in [4.78, 5) is 39.3. The SMILES string of the molecule is Cc1ccc(NC(=O)CN2C(=O)C3CCC(C)(C2=O)C3(C)C)c(Br)c1. The molecule has 1 N–H and O–H groups in total. The van der Waals surface area contributed by atoms with E-state index >= 15 is 0 Å². The lowest BCUT2D eigenvalue weighted by Gasteiger charge is -2.47. The normalized spacial score (nSPS) is 27.6. The summed E-state index contributed by atoms with van der Waals surface area (Å²) >= 11 is 3.41. The Hall–Kier alpha value is -1.69. The third kappa shape index (κ3) is 2.71. The lowest BCUT2D eigenvalue weighted by atomic mass is 9.62. The molecule has 5 nitrogen and oxygen atoms in total. The molecule has 2 bridgehead atoms. The van der Waals surface area contributed by atoms with Crippen molar-refractivity contribution >= 4 is 39.3 Å². The van der Waals surface area contributed by atoms with E-state index in [0.29, 0.717) is 18.5 Å². The van der Waals surface area contributed by atoms with Gasteiger partial charge in [-0.25, -0.2) is 0 Å². The number of benzene rings is 1. The number of piperidine rings is 1. The minimum Gasteiger partial charge on any atom is -0.324 e. The van der Waals surface area contributed by atoms with Gasteiger partial charge in [0.15, 0.2) is 0 Å². The van der Waals surface area contributed by atoms with Crippen LogP contribution in [0.2, 0.25) is 0 Å². The largest absolute Gasteiger partial charge is 0.324 e. The van der Waals surface area contributed by atoms with Gasteiger partial charge in [0.25, 0.3) is 0 Å². The number of imide groups is 1. The highest BCUT2D eigenvalue weighted by molar-refractivity contribution is 9.10. The van der Waals surface area contributed by atoms with E-state index in [2.05, 4.69) is 21.2 Å². The van der Waals surface area contributed by atoms with Crippen LogP contribution in [0.5, 0.6) is 0 Å². The lowest BCUT2D eigenvalue weighted by molar-refractivity contribution is -0.168. The van der Waals surface area contributed by atoms with Crippen LogP contribution in [0.15, 0.2) is 22.7 Å². The Morgan fingerprint density at radius 3 is 2.64 bits per heavy atom. The van der Waals surface area contributed by atoms with Crippen LogP contribution in [0.25, 0.3) is 0 Å². The van der Waals surface area contributed by atoms with E-state index < -0.39 is 5.41 Å². The second-order valence-corrected chi connectivity index (χ2v) is 8.76. The minimum absolute atomic E-state index is 0.200. The number of fused-ring (bicyclic) bond motifs is 2. The number of anilines is 1. The Kier molecular flexibility index (Phi) is 4.30. The number of nitrogens with one attached hydrogen (secondary N) is 1.